The molecule has 0 aliphatic rings. The highest BCUT2D eigenvalue weighted by Gasteiger charge is 2.29. The topological polar surface area (TPSA) is 58.2 Å². The maximum atomic E-state index is 12.1. The summed E-state index contributed by atoms with van der Waals surface area (Å²) >= 11 is 0. The maximum Gasteiger partial charge on any atom is 0.217 e. The quantitative estimate of drug-likeness (QED) is 0.512. The summed E-state index contributed by atoms with van der Waals surface area (Å²) in [7, 11) is 5.17. The molecular weight excluding hydrogens is 215 g/mol. The van der Waals surface area contributed by atoms with E-state index in [2.05, 4.69) is 10.5 Å². The van der Waals surface area contributed by atoms with Crippen LogP contribution < -0.4 is 10.5 Å². The van der Waals surface area contributed by atoms with Gasteiger partial charge in [-0.2, -0.15) is 0 Å². The number of nitrogens with one attached hydrogen (secondary N) is 2. The van der Waals surface area contributed by atoms with Crippen LogP contribution in [-0.4, -0.2) is 32.3 Å². The monoisotopic (exact) mass is 238 g/mol. The molecule has 0 saturated heterocycles. The molecule has 1 atom stereocenters. The van der Waals surface area contributed by atoms with Gasteiger partial charge in [0.15, 0.2) is 13.8 Å². The number of hydrogen-bond acceptors (Lipinski definition) is 3. The van der Waals surface area contributed by atoms with Gasteiger partial charge in [0.05, 0.1) is 6.04 Å². The summed E-state index contributed by atoms with van der Waals surface area (Å²) in [5, 5.41) is 5.29. The third-order valence-electron chi connectivity index (χ3n) is 2.50. The Labute approximate surface area is 105 Å². The Hall–Kier alpha value is -0.835. The van der Waals surface area contributed by atoms with Crippen molar-refractivity contribution in [1.29, 1.82) is 0 Å². The van der Waals surface area contributed by atoms with Gasteiger partial charge >= 0.3 is 0 Å². The predicted octanol–water partition coefficient (Wildman–Crippen LogP) is 0.950. The van der Waals surface area contributed by atoms with Gasteiger partial charge in [0.2, 0.25) is 5.91 Å². The summed E-state index contributed by atoms with van der Waals surface area (Å²) in [4.78, 5) is 23.2. The van der Waals surface area contributed by atoms with Crippen molar-refractivity contribution in [2.75, 3.05) is 6.54 Å². The number of hydrogen-bond donors (Lipinski definition) is 2. The zero-order chi connectivity index (χ0) is 13.5. The van der Waals surface area contributed by atoms with Crippen molar-refractivity contribution >= 4 is 19.7 Å². The molecule has 0 spiro atoms. The molecule has 0 aromatic carbocycles. The first kappa shape index (κ1) is 16.2. The van der Waals surface area contributed by atoms with Gasteiger partial charge in [-0.05, 0) is 25.8 Å². The lowest BCUT2D eigenvalue weighted by atomic mass is 9.84. The van der Waals surface area contributed by atoms with Crippen molar-refractivity contribution in [1.82, 2.24) is 10.5 Å². The normalized spacial score (nSPS) is 13.2. The van der Waals surface area contributed by atoms with Crippen LogP contribution in [0.3, 0.4) is 0 Å². The molecule has 2 radical (unpaired) electrons. The number of Topliss-reactive ketones (excluding diaryl/α,β-unsaturated/α-hetero) is 1. The minimum Gasteiger partial charge on any atom is -0.366 e. The Balaban J connectivity index is 4.33. The van der Waals surface area contributed by atoms with Gasteiger partial charge < -0.3 is 10.5 Å². The van der Waals surface area contributed by atoms with Gasteiger partial charge in [-0.15, -0.1) is 0 Å². The molecule has 0 bridgehead atoms. The van der Waals surface area contributed by atoms with E-state index in [-0.39, 0.29) is 17.7 Å². The van der Waals surface area contributed by atoms with Gasteiger partial charge in [-0.25, -0.2) is 0 Å². The van der Waals surface area contributed by atoms with Crippen LogP contribution in [0.1, 0.15) is 47.0 Å². The second-order valence-corrected chi connectivity index (χ2v) is 5.32. The van der Waals surface area contributed by atoms with E-state index in [0.29, 0.717) is 6.42 Å². The lowest BCUT2D eigenvalue weighted by Gasteiger charge is -2.25. The summed E-state index contributed by atoms with van der Waals surface area (Å²) < 4.78 is 0. The standard InChI is InChI=1S/C12H23BN2O2/c1-9(16)15-10(7-5-6-8-14-13)11(17)12(2,3)4/h10,14H,5-8H2,1-4H3,(H,15,16)/t10-/m1/s1. The SMILES string of the molecule is [B]NCCCC[C@@H](NC(C)=O)C(=O)C(C)(C)C. The van der Waals surface area contributed by atoms with Crippen LogP contribution in [0.5, 0.6) is 0 Å². The lowest BCUT2D eigenvalue weighted by Crippen LogP contribution is -2.44. The Morgan fingerprint density at radius 1 is 1.24 bits per heavy atom. The molecule has 96 valence electrons. The van der Waals surface area contributed by atoms with E-state index in [1.807, 2.05) is 20.8 Å². The summed E-state index contributed by atoms with van der Waals surface area (Å²) in [5.41, 5.74) is -0.431. The predicted molar refractivity (Wildman–Crippen MR) is 69.7 cm³/mol. The second kappa shape index (κ2) is 7.48. The number of rotatable bonds is 7. The average molecular weight is 238 g/mol. The van der Waals surface area contributed by atoms with E-state index in [0.717, 1.165) is 19.4 Å². The van der Waals surface area contributed by atoms with Crippen LogP contribution >= 0.6 is 0 Å². The van der Waals surface area contributed by atoms with Gasteiger partial charge in [0.25, 0.3) is 0 Å². The highest BCUT2D eigenvalue weighted by atomic mass is 16.2. The van der Waals surface area contributed by atoms with E-state index < -0.39 is 5.41 Å². The Morgan fingerprint density at radius 3 is 2.24 bits per heavy atom. The molecule has 1 amide bonds. The van der Waals surface area contributed by atoms with Crippen molar-refractivity contribution < 1.29 is 9.59 Å². The molecule has 17 heavy (non-hydrogen) atoms. The summed E-state index contributed by atoms with van der Waals surface area (Å²) in [5.74, 6) is -0.0852. The van der Waals surface area contributed by atoms with Crippen LogP contribution in [0, 0.1) is 5.41 Å². The van der Waals surface area contributed by atoms with Gasteiger partial charge in [-0.3, -0.25) is 9.59 Å². The number of amides is 1. The minimum absolute atomic E-state index is 0.0772. The lowest BCUT2D eigenvalue weighted by molar-refractivity contribution is -0.132. The molecule has 0 aliphatic carbocycles. The summed E-state index contributed by atoms with van der Waals surface area (Å²) in [6.45, 7) is 7.75. The minimum atomic E-state index is -0.431. The summed E-state index contributed by atoms with van der Waals surface area (Å²) in [6, 6.07) is -0.384. The smallest absolute Gasteiger partial charge is 0.217 e. The first-order valence-electron chi connectivity index (χ1n) is 6.04. The van der Waals surface area contributed by atoms with E-state index in [1.165, 1.54) is 6.92 Å². The number of ketones is 1. The molecule has 0 fully saturated rings. The second-order valence-electron chi connectivity index (χ2n) is 5.32. The first-order chi connectivity index (χ1) is 7.79. The Bertz CT molecular complexity index is 262. The average Bonchev–Trinajstić information content (AvgIpc) is 2.19. The molecular formula is C12H23BN2O2. The zero-order valence-corrected chi connectivity index (χ0v) is 11.3. The molecule has 2 N–H and O–H groups in total. The molecule has 4 nitrogen and oxygen atoms in total. The van der Waals surface area contributed by atoms with Crippen LogP contribution in [-0.2, 0) is 9.59 Å². The van der Waals surface area contributed by atoms with Crippen molar-refractivity contribution in [2.24, 2.45) is 5.41 Å². The first-order valence-corrected chi connectivity index (χ1v) is 6.04. The fourth-order valence-electron chi connectivity index (χ4n) is 1.61. The molecule has 5 heteroatoms. The van der Waals surface area contributed by atoms with Gasteiger partial charge in [-0.1, -0.05) is 20.8 Å². The fraction of sp³-hybridized carbons (Fsp3) is 0.833. The van der Waals surface area contributed by atoms with Gasteiger partial charge in [0.1, 0.15) is 0 Å². The highest BCUT2D eigenvalue weighted by Crippen LogP contribution is 2.19. The van der Waals surface area contributed by atoms with Crippen molar-refractivity contribution in [3.05, 3.63) is 0 Å². The highest BCUT2D eigenvalue weighted by molar-refractivity contribution is 6.04. The van der Waals surface area contributed by atoms with Crippen LogP contribution in [0.4, 0.5) is 0 Å². The van der Waals surface area contributed by atoms with Crippen LogP contribution in [0.2, 0.25) is 0 Å². The number of unbranched alkanes of at least 4 members (excludes halogenated alkanes) is 1. The molecule has 0 aliphatic heterocycles. The van der Waals surface area contributed by atoms with Gasteiger partial charge in [0, 0.05) is 12.3 Å². The zero-order valence-electron chi connectivity index (χ0n) is 11.3. The van der Waals surface area contributed by atoms with E-state index in [4.69, 9.17) is 7.98 Å². The maximum absolute atomic E-state index is 12.1. The molecule has 0 rings (SSSR count). The van der Waals surface area contributed by atoms with E-state index >= 15 is 0 Å². The third kappa shape index (κ3) is 7.16. The number of carbonyl (C=O) groups is 2. The van der Waals surface area contributed by atoms with Crippen molar-refractivity contribution in [3.63, 3.8) is 0 Å². The Morgan fingerprint density at radius 2 is 1.82 bits per heavy atom. The third-order valence-corrected chi connectivity index (χ3v) is 2.50. The largest absolute Gasteiger partial charge is 0.366 e. The summed E-state index contributed by atoms with van der Waals surface area (Å²) in [6.07, 6.45) is 2.42. The van der Waals surface area contributed by atoms with Crippen LogP contribution in [0.15, 0.2) is 0 Å². The van der Waals surface area contributed by atoms with Crippen molar-refractivity contribution in [2.45, 2.75) is 53.0 Å². The fourth-order valence-corrected chi connectivity index (χ4v) is 1.61. The number of carbonyl (C=O) groups excluding carboxylic acids is 2. The Kier molecular flexibility index (Phi) is 7.12. The van der Waals surface area contributed by atoms with E-state index in [9.17, 15) is 9.59 Å². The molecule has 0 heterocycles. The van der Waals surface area contributed by atoms with Crippen LogP contribution in [0.25, 0.3) is 0 Å². The molecule has 0 aromatic rings. The molecule has 0 unspecified atom stereocenters. The molecule has 0 aromatic heterocycles. The van der Waals surface area contributed by atoms with E-state index in [1.54, 1.807) is 0 Å². The van der Waals surface area contributed by atoms with Crippen molar-refractivity contribution in [3.8, 4) is 0 Å². The molecule has 0 saturated carbocycles.